The molecule has 0 aliphatic rings. The van der Waals surface area contributed by atoms with Crippen molar-refractivity contribution in [3.63, 3.8) is 0 Å². The summed E-state index contributed by atoms with van der Waals surface area (Å²) in [6, 6.07) is 9.66. The van der Waals surface area contributed by atoms with E-state index in [0.29, 0.717) is 11.4 Å². The minimum Gasteiger partial charge on any atom is -0.388 e. The highest BCUT2D eigenvalue weighted by atomic mass is 35.5. The fourth-order valence-corrected chi connectivity index (χ4v) is 2.04. The number of hydrogen-bond acceptors (Lipinski definition) is 2. The van der Waals surface area contributed by atoms with Crippen molar-refractivity contribution in [1.82, 2.24) is 4.98 Å². The number of aliphatic hydroxyl groups is 1. The lowest BCUT2D eigenvalue weighted by Crippen LogP contribution is -2.04. The van der Waals surface area contributed by atoms with Gasteiger partial charge in [0.2, 0.25) is 0 Å². The highest BCUT2D eigenvalue weighted by Gasteiger charge is 2.12. The minimum atomic E-state index is -0.531. The number of aliphatic hydroxyl groups excluding tert-OH is 1. The number of halogens is 1. The van der Waals surface area contributed by atoms with Crippen molar-refractivity contribution < 1.29 is 5.11 Å². The van der Waals surface area contributed by atoms with Gasteiger partial charge in [-0.05, 0) is 29.7 Å². The minimum absolute atomic E-state index is 0.506. The zero-order chi connectivity index (χ0) is 12.3. The summed E-state index contributed by atoms with van der Waals surface area (Å²) in [5.41, 5.74) is 2.95. The molecule has 17 heavy (non-hydrogen) atoms. The van der Waals surface area contributed by atoms with E-state index in [4.69, 9.17) is 11.6 Å². The number of benzene rings is 1. The third-order valence-corrected chi connectivity index (χ3v) is 3.16. The number of aromatic nitrogens is 1. The molecule has 0 fully saturated rings. The molecular weight excluding hydrogens is 234 g/mol. The number of hydrogen-bond donors (Lipinski definition) is 1. The lowest BCUT2D eigenvalue weighted by atomic mass is 9.98. The summed E-state index contributed by atoms with van der Waals surface area (Å²) < 4.78 is 0. The summed E-state index contributed by atoms with van der Waals surface area (Å²) in [6.07, 6.45) is 3.26. The standard InChI is InChI=1S/C14H14ClNO/c1-10-4-2-3-5-12(10)14(17)8-11-6-7-16-9-13(11)15/h2-7,9,14,17H,8H2,1H3. The zero-order valence-electron chi connectivity index (χ0n) is 9.60. The summed E-state index contributed by atoms with van der Waals surface area (Å²) in [6.45, 7) is 1.99. The highest BCUT2D eigenvalue weighted by molar-refractivity contribution is 6.31. The molecule has 0 bridgehead atoms. The summed E-state index contributed by atoms with van der Waals surface area (Å²) in [4.78, 5) is 3.93. The van der Waals surface area contributed by atoms with Crippen LogP contribution in [0.25, 0.3) is 0 Å². The first-order valence-electron chi connectivity index (χ1n) is 5.50. The van der Waals surface area contributed by atoms with Crippen LogP contribution in [0, 0.1) is 6.92 Å². The average Bonchev–Trinajstić information content (AvgIpc) is 2.32. The predicted molar refractivity (Wildman–Crippen MR) is 69.1 cm³/mol. The maximum atomic E-state index is 10.2. The Morgan fingerprint density at radius 1 is 1.29 bits per heavy atom. The van der Waals surface area contributed by atoms with Gasteiger partial charge in [-0.25, -0.2) is 0 Å². The molecule has 88 valence electrons. The van der Waals surface area contributed by atoms with Gasteiger partial charge in [0.1, 0.15) is 0 Å². The first-order chi connectivity index (χ1) is 8.18. The van der Waals surface area contributed by atoms with Crippen LogP contribution in [-0.2, 0) is 6.42 Å². The Labute approximate surface area is 106 Å². The summed E-state index contributed by atoms with van der Waals surface area (Å²) >= 11 is 6.02. The van der Waals surface area contributed by atoms with E-state index in [1.54, 1.807) is 12.4 Å². The van der Waals surface area contributed by atoms with Gasteiger partial charge < -0.3 is 5.11 Å². The van der Waals surface area contributed by atoms with E-state index in [-0.39, 0.29) is 0 Å². The van der Waals surface area contributed by atoms with Crippen LogP contribution in [0.3, 0.4) is 0 Å². The second-order valence-corrected chi connectivity index (χ2v) is 4.45. The Bertz CT molecular complexity index is 513. The van der Waals surface area contributed by atoms with Crippen LogP contribution in [0.5, 0.6) is 0 Å². The van der Waals surface area contributed by atoms with E-state index < -0.39 is 6.10 Å². The molecule has 0 spiro atoms. The van der Waals surface area contributed by atoms with Crippen LogP contribution >= 0.6 is 11.6 Å². The van der Waals surface area contributed by atoms with Crippen molar-refractivity contribution in [3.8, 4) is 0 Å². The third kappa shape index (κ3) is 2.84. The normalized spacial score (nSPS) is 12.4. The van der Waals surface area contributed by atoms with Crippen LogP contribution in [-0.4, -0.2) is 10.1 Å². The van der Waals surface area contributed by atoms with E-state index in [9.17, 15) is 5.11 Å². The quantitative estimate of drug-likeness (QED) is 0.903. The fourth-order valence-electron chi connectivity index (χ4n) is 1.85. The molecule has 0 saturated carbocycles. The Hall–Kier alpha value is -1.38. The molecule has 1 atom stereocenters. The van der Waals surface area contributed by atoms with Crippen molar-refractivity contribution in [1.29, 1.82) is 0 Å². The first-order valence-corrected chi connectivity index (χ1v) is 5.88. The van der Waals surface area contributed by atoms with Crippen LogP contribution in [0.1, 0.15) is 22.8 Å². The SMILES string of the molecule is Cc1ccccc1C(O)Cc1ccncc1Cl. The van der Waals surface area contributed by atoms with E-state index in [1.807, 2.05) is 37.3 Å². The Morgan fingerprint density at radius 2 is 2.06 bits per heavy atom. The monoisotopic (exact) mass is 247 g/mol. The molecule has 2 rings (SSSR count). The molecule has 2 nitrogen and oxygen atoms in total. The highest BCUT2D eigenvalue weighted by Crippen LogP contribution is 2.24. The Kier molecular flexibility index (Phi) is 3.77. The predicted octanol–water partition coefficient (Wildman–Crippen LogP) is 3.32. The Morgan fingerprint density at radius 3 is 2.76 bits per heavy atom. The van der Waals surface area contributed by atoms with Crippen molar-refractivity contribution in [2.24, 2.45) is 0 Å². The molecule has 0 aliphatic heterocycles. The van der Waals surface area contributed by atoms with Gasteiger partial charge in [0.05, 0.1) is 11.1 Å². The molecule has 2 aromatic rings. The van der Waals surface area contributed by atoms with Gasteiger partial charge in [-0.15, -0.1) is 0 Å². The largest absolute Gasteiger partial charge is 0.388 e. The fraction of sp³-hybridized carbons (Fsp3) is 0.214. The molecule has 0 saturated heterocycles. The molecule has 1 N–H and O–H groups in total. The molecule has 1 heterocycles. The van der Waals surface area contributed by atoms with Crippen LogP contribution < -0.4 is 0 Å². The summed E-state index contributed by atoms with van der Waals surface area (Å²) in [5.74, 6) is 0. The number of aryl methyl sites for hydroxylation is 1. The number of nitrogens with zero attached hydrogens (tertiary/aromatic N) is 1. The van der Waals surface area contributed by atoms with E-state index in [2.05, 4.69) is 4.98 Å². The summed E-state index contributed by atoms with van der Waals surface area (Å²) in [7, 11) is 0. The van der Waals surface area contributed by atoms with Crippen molar-refractivity contribution in [2.45, 2.75) is 19.4 Å². The maximum absolute atomic E-state index is 10.2. The number of rotatable bonds is 3. The molecule has 0 amide bonds. The molecule has 0 radical (unpaired) electrons. The summed E-state index contributed by atoms with van der Waals surface area (Å²) in [5, 5.41) is 10.8. The lowest BCUT2D eigenvalue weighted by Gasteiger charge is -2.14. The molecule has 1 aromatic heterocycles. The van der Waals surface area contributed by atoms with Crippen molar-refractivity contribution >= 4 is 11.6 Å². The molecular formula is C14H14ClNO. The Balaban J connectivity index is 2.20. The van der Waals surface area contributed by atoms with Gasteiger partial charge in [-0.1, -0.05) is 35.9 Å². The maximum Gasteiger partial charge on any atom is 0.0833 e. The number of pyridine rings is 1. The second kappa shape index (κ2) is 5.30. The third-order valence-electron chi connectivity index (χ3n) is 2.82. The molecule has 0 aliphatic carbocycles. The lowest BCUT2D eigenvalue weighted by molar-refractivity contribution is 0.177. The first kappa shape index (κ1) is 12.1. The van der Waals surface area contributed by atoms with Crippen LogP contribution in [0.2, 0.25) is 5.02 Å². The van der Waals surface area contributed by atoms with Gasteiger partial charge >= 0.3 is 0 Å². The smallest absolute Gasteiger partial charge is 0.0833 e. The van der Waals surface area contributed by atoms with Gasteiger partial charge in [-0.2, -0.15) is 0 Å². The zero-order valence-corrected chi connectivity index (χ0v) is 10.4. The van der Waals surface area contributed by atoms with E-state index >= 15 is 0 Å². The van der Waals surface area contributed by atoms with Crippen molar-refractivity contribution in [2.75, 3.05) is 0 Å². The van der Waals surface area contributed by atoms with Gasteiger partial charge in [0.25, 0.3) is 0 Å². The van der Waals surface area contributed by atoms with Crippen LogP contribution in [0.15, 0.2) is 42.7 Å². The molecule has 3 heteroatoms. The average molecular weight is 248 g/mol. The van der Waals surface area contributed by atoms with Gasteiger partial charge in [-0.3, -0.25) is 4.98 Å². The molecule has 1 aromatic carbocycles. The van der Waals surface area contributed by atoms with Crippen molar-refractivity contribution in [3.05, 3.63) is 64.4 Å². The molecule has 1 unspecified atom stereocenters. The van der Waals surface area contributed by atoms with Gasteiger partial charge in [0, 0.05) is 18.8 Å². The second-order valence-electron chi connectivity index (χ2n) is 4.04. The van der Waals surface area contributed by atoms with E-state index in [1.165, 1.54) is 0 Å². The van der Waals surface area contributed by atoms with Gasteiger partial charge in [0.15, 0.2) is 0 Å². The topological polar surface area (TPSA) is 33.1 Å². The van der Waals surface area contributed by atoms with E-state index in [0.717, 1.165) is 16.7 Å². The van der Waals surface area contributed by atoms with Crippen LogP contribution in [0.4, 0.5) is 0 Å².